The van der Waals surface area contributed by atoms with E-state index >= 15 is 0 Å². The Hall–Kier alpha value is -2.34. The van der Waals surface area contributed by atoms with Gasteiger partial charge in [-0.25, -0.2) is 4.98 Å². The van der Waals surface area contributed by atoms with Gasteiger partial charge >= 0.3 is 0 Å². The number of phenols is 1. The monoisotopic (exact) mass is 290 g/mol. The third kappa shape index (κ3) is 3.16. The summed E-state index contributed by atoms with van der Waals surface area (Å²) in [5, 5.41) is 12.9. The molecular weight excluding hydrogens is 276 g/mol. The molecule has 0 aliphatic carbocycles. The second kappa shape index (κ2) is 6.21. The number of phenolic OH excluding ortho intramolecular Hbond substituents is 1. The fraction of sp³-hybridized carbons (Fsp3) is 0.143. The minimum Gasteiger partial charge on any atom is -0.504 e. The summed E-state index contributed by atoms with van der Waals surface area (Å²) in [5.41, 5.74) is 0.819. The van der Waals surface area contributed by atoms with E-state index in [1.165, 1.54) is 24.6 Å². The Kier molecular flexibility index (Phi) is 4.37. The molecule has 0 saturated carbocycles. The van der Waals surface area contributed by atoms with Crippen LogP contribution in [-0.2, 0) is 0 Å². The molecule has 0 aliphatic rings. The summed E-state index contributed by atoms with van der Waals surface area (Å²) in [7, 11) is 3.08. The van der Waals surface area contributed by atoms with Crippen LogP contribution in [0.15, 0.2) is 24.4 Å². The smallest absolute Gasteiger partial charge is 0.262 e. The van der Waals surface area contributed by atoms with E-state index in [1.54, 1.807) is 25.3 Å². The van der Waals surface area contributed by atoms with E-state index in [2.05, 4.69) is 10.3 Å². The largest absolute Gasteiger partial charge is 0.504 e. The van der Waals surface area contributed by atoms with Crippen molar-refractivity contribution in [2.75, 3.05) is 14.2 Å². The summed E-state index contributed by atoms with van der Waals surface area (Å²) in [6.45, 7) is 0. The maximum absolute atomic E-state index is 11.4. The molecule has 0 saturated heterocycles. The van der Waals surface area contributed by atoms with Crippen molar-refractivity contribution in [2.45, 2.75) is 0 Å². The number of nitrogens with one attached hydrogen (secondary N) is 1. The van der Waals surface area contributed by atoms with Crippen molar-refractivity contribution in [3.8, 4) is 11.5 Å². The van der Waals surface area contributed by atoms with E-state index in [0.29, 0.717) is 10.6 Å². The van der Waals surface area contributed by atoms with Gasteiger partial charge in [0.2, 0.25) is 0 Å². The Morgan fingerprint density at radius 3 is 2.90 bits per heavy atom. The normalized spacial score (nSPS) is 10.7. The molecule has 2 rings (SSSR count). The lowest BCUT2D eigenvalue weighted by Crippen LogP contribution is -2.16. The van der Waals surface area contributed by atoms with Gasteiger partial charge in [-0.15, -0.1) is 11.3 Å². The molecule has 0 unspecified atom stereocenters. The van der Waals surface area contributed by atoms with Crippen LogP contribution in [0.1, 0.15) is 20.2 Å². The third-order valence-corrected chi connectivity index (χ3v) is 3.56. The summed E-state index contributed by atoms with van der Waals surface area (Å²) < 4.78 is 4.98. The standard InChI is InChI=1S/C14H14N2O3S/c1-15-14(18)12-8-16-13(20-12)6-4-9-3-5-11(19-2)10(17)7-9/h3-8,17H,1-2H3,(H,15,18)/b6-4+. The minimum atomic E-state index is -0.149. The van der Waals surface area contributed by atoms with Crippen LogP contribution in [0.25, 0.3) is 12.2 Å². The van der Waals surface area contributed by atoms with Crippen LogP contribution in [0.5, 0.6) is 11.5 Å². The number of hydrogen-bond donors (Lipinski definition) is 2. The van der Waals surface area contributed by atoms with E-state index in [0.717, 1.165) is 10.6 Å². The van der Waals surface area contributed by atoms with Gasteiger partial charge in [0.15, 0.2) is 11.5 Å². The Morgan fingerprint density at radius 1 is 1.45 bits per heavy atom. The lowest BCUT2D eigenvalue weighted by atomic mass is 10.2. The molecule has 1 aromatic carbocycles. The van der Waals surface area contributed by atoms with Crippen molar-refractivity contribution in [3.05, 3.63) is 39.8 Å². The fourth-order valence-corrected chi connectivity index (χ4v) is 2.34. The van der Waals surface area contributed by atoms with E-state index in [9.17, 15) is 9.90 Å². The van der Waals surface area contributed by atoms with Crippen molar-refractivity contribution in [3.63, 3.8) is 0 Å². The van der Waals surface area contributed by atoms with Crippen LogP contribution < -0.4 is 10.1 Å². The Morgan fingerprint density at radius 2 is 2.25 bits per heavy atom. The average molecular weight is 290 g/mol. The molecule has 0 aliphatic heterocycles. The highest BCUT2D eigenvalue weighted by atomic mass is 32.1. The number of rotatable bonds is 4. The van der Waals surface area contributed by atoms with Gasteiger partial charge in [-0.2, -0.15) is 0 Å². The first-order valence-corrected chi connectivity index (χ1v) is 6.68. The lowest BCUT2D eigenvalue weighted by molar-refractivity contribution is 0.0967. The number of nitrogens with zero attached hydrogens (tertiary/aromatic N) is 1. The molecule has 1 amide bonds. The number of aromatic hydroxyl groups is 1. The quantitative estimate of drug-likeness (QED) is 0.907. The van der Waals surface area contributed by atoms with Crippen molar-refractivity contribution in [2.24, 2.45) is 0 Å². The van der Waals surface area contributed by atoms with Crippen LogP contribution in [-0.4, -0.2) is 30.2 Å². The number of amides is 1. The summed E-state index contributed by atoms with van der Waals surface area (Å²) in [6, 6.07) is 5.11. The lowest BCUT2D eigenvalue weighted by Gasteiger charge is -2.02. The number of carbonyl (C=O) groups excluding carboxylic acids is 1. The van der Waals surface area contributed by atoms with E-state index in [4.69, 9.17) is 4.74 Å². The van der Waals surface area contributed by atoms with Gasteiger partial charge in [-0.1, -0.05) is 12.1 Å². The van der Waals surface area contributed by atoms with Gasteiger partial charge in [0, 0.05) is 7.05 Å². The molecule has 20 heavy (non-hydrogen) atoms. The van der Waals surface area contributed by atoms with Crippen molar-refractivity contribution in [1.29, 1.82) is 0 Å². The Labute approximate surface area is 120 Å². The molecule has 2 aromatic rings. The van der Waals surface area contributed by atoms with Gasteiger partial charge in [0.25, 0.3) is 5.91 Å². The van der Waals surface area contributed by atoms with Crippen LogP contribution in [0.3, 0.4) is 0 Å². The molecule has 6 heteroatoms. The van der Waals surface area contributed by atoms with Crippen LogP contribution >= 0.6 is 11.3 Å². The molecule has 0 bridgehead atoms. The second-order valence-electron chi connectivity index (χ2n) is 3.91. The number of carbonyl (C=O) groups is 1. The molecule has 5 nitrogen and oxygen atoms in total. The van der Waals surface area contributed by atoms with Gasteiger partial charge < -0.3 is 15.2 Å². The predicted octanol–water partition coefficient (Wildman–Crippen LogP) is 2.39. The van der Waals surface area contributed by atoms with Gasteiger partial charge in [0.1, 0.15) is 9.88 Å². The maximum Gasteiger partial charge on any atom is 0.262 e. The zero-order valence-electron chi connectivity index (χ0n) is 11.1. The SMILES string of the molecule is CNC(=O)c1cnc(/C=C/c2ccc(OC)c(O)c2)s1. The number of aromatic nitrogens is 1. The van der Waals surface area contributed by atoms with Crippen molar-refractivity contribution < 1.29 is 14.6 Å². The zero-order valence-corrected chi connectivity index (χ0v) is 11.9. The topological polar surface area (TPSA) is 71.5 Å². The first kappa shape index (κ1) is 14.1. The molecule has 0 radical (unpaired) electrons. The number of hydrogen-bond acceptors (Lipinski definition) is 5. The molecule has 1 heterocycles. The molecule has 0 spiro atoms. The van der Waals surface area contributed by atoms with Crippen LogP contribution in [0.4, 0.5) is 0 Å². The minimum absolute atomic E-state index is 0.0832. The van der Waals surface area contributed by atoms with Gasteiger partial charge in [0.05, 0.1) is 13.3 Å². The fourth-order valence-electron chi connectivity index (χ4n) is 1.57. The highest BCUT2D eigenvalue weighted by Gasteiger charge is 2.06. The number of methoxy groups -OCH3 is 1. The van der Waals surface area contributed by atoms with E-state index < -0.39 is 0 Å². The first-order valence-electron chi connectivity index (χ1n) is 5.87. The predicted molar refractivity (Wildman–Crippen MR) is 79.1 cm³/mol. The Balaban J connectivity index is 2.15. The molecular formula is C14H14N2O3S. The number of benzene rings is 1. The zero-order chi connectivity index (χ0) is 14.5. The van der Waals surface area contributed by atoms with E-state index in [1.807, 2.05) is 12.1 Å². The molecule has 104 valence electrons. The van der Waals surface area contributed by atoms with Crippen LogP contribution in [0, 0.1) is 0 Å². The average Bonchev–Trinajstić information content (AvgIpc) is 2.93. The van der Waals surface area contributed by atoms with E-state index in [-0.39, 0.29) is 11.7 Å². The maximum atomic E-state index is 11.4. The molecule has 1 aromatic heterocycles. The summed E-state index contributed by atoms with van der Waals surface area (Å²) in [5.74, 6) is 0.363. The highest BCUT2D eigenvalue weighted by molar-refractivity contribution is 7.14. The number of thiazole rings is 1. The van der Waals surface area contributed by atoms with Crippen LogP contribution in [0.2, 0.25) is 0 Å². The molecule has 2 N–H and O–H groups in total. The molecule has 0 atom stereocenters. The number of ether oxygens (including phenoxy) is 1. The summed E-state index contributed by atoms with van der Waals surface area (Å²) in [6.07, 6.45) is 5.14. The summed E-state index contributed by atoms with van der Waals surface area (Å²) >= 11 is 1.30. The van der Waals surface area contributed by atoms with Crippen molar-refractivity contribution in [1.82, 2.24) is 10.3 Å². The summed E-state index contributed by atoms with van der Waals surface area (Å²) in [4.78, 5) is 16.1. The molecule has 0 fully saturated rings. The van der Waals surface area contributed by atoms with Gasteiger partial charge in [-0.05, 0) is 23.8 Å². The van der Waals surface area contributed by atoms with Gasteiger partial charge in [-0.3, -0.25) is 4.79 Å². The Bertz CT molecular complexity index is 650. The second-order valence-corrected chi connectivity index (χ2v) is 4.97. The highest BCUT2D eigenvalue weighted by Crippen LogP contribution is 2.27. The van der Waals surface area contributed by atoms with Crippen molar-refractivity contribution >= 4 is 29.4 Å². The third-order valence-electron chi connectivity index (χ3n) is 2.60. The first-order chi connectivity index (χ1) is 9.63.